The second kappa shape index (κ2) is 7.62. The summed E-state index contributed by atoms with van der Waals surface area (Å²) in [5, 5.41) is 12.9. The van der Waals surface area contributed by atoms with Gasteiger partial charge in [0.25, 0.3) is 0 Å². The Morgan fingerprint density at radius 1 is 1.43 bits per heavy atom. The third-order valence-electron chi connectivity index (χ3n) is 4.21. The first-order valence-electron chi connectivity index (χ1n) is 7.43. The molecule has 0 aliphatic heterocycles. The first-order chi connectivity index (χ1) is 10.1. The fourth-order valence-electron chi connectivity index (χ4n) is 2.80. The van der Waals surface area contributed by atoms with Crippen LogP contribution < -0.4 is 5.32 Å². The summed E-state index contributed by atoms with van der Waals surface area (Å²) in [6.45, 7) is 2.81. The molecule has 2 N–H and O–H groups in total. The summed E-state index contributed by atoms with van der Waals surface area (Å²) in [6.07, 6.45) is 6.59. The number of aliphatic hydroxyl groups excluding tert-OH is 1. The van der Waals surface area contributed by atoms with Gasteiger partial charge in [-0.25, -0.2) is 0 Å². The maximum atomic E-state index is 11.8. The van der Waals surface area contributed by atoms with Crippen molar-refractivity contribution in [2.24, 2.45) is 11.8 Å². The zero-order valence-corrected chi connectivity index (χ0v) is 13.1. The molecule has 0 radical (unpaired) electrons. The number of halogens is 1. The van der Waals surface area contributed by atoms with Crippen LogP contribution >= 0.6 is 11.6 Å². The molecular formula is C17H22ClNO2. The van der Waals surface area contributed by atoms with E-state index in [0.29, 0.717) is 23.4 Å². The average molecular weight is 308 g/mol. The van der Waals surface area contributed by atoms with Crippen LogP contribution in [0.2, 0.25) is 5.02 Å². The van der Waals surface area contributed by atoms with E-state index in [1.807, 2.05) is 25.1 Å². The van der Waals surface area contributed by atoms with Gasteiger partial charge in [-0.05, 0) is 54.9 Å². The van der Waals surface area contributed by atoms with Gasteiger partial charge in [-0.2, -0.15) is 0 Å². The van der Waals surface area contributed by atoms with Gasteiger partial charge >= 0.3 is 0 Å². The predicted octanol–water partition coefficient (Wildman–Crippen LogP) is 3.19. The maximum Gasteiger partial charge on any atom is 0.244 e. The Kier molecular flexibility index (Phi) is 5.83. The smallest absolute Gasteiger partial charge is 0.244 e. The van der Waals surface area contributed by atoms with Crippen LogP contribution in [0.1, 0.15) is 30.4 Å². The van der Waals surface area contributed by atoms with E-state index in [1.165, 1.54) is 6.08 Å². The molecule has 1 aromatic rings. The SMILES string of the molecule is Cc1ccc(C=CC(=O)NCC2CCCC2CO)cc1Cl. The van der Waals surface area contributed by atoms with Crippen LogP contribution in [0, 0.1) is 18.8 Å². The number of benzene rings is 1. The number of amides is 1. The van der Waals surface area contributed by atoms with Gasteiger partial charge in [-0.15, -0.1) is 0 Å². The van der Waals surface area contributed by atoms with Gasteiger partial charge in [0.15, 0.2) is 0 Å². The van der Waals surface area contributed by atoms with Crippen LogP contribution in [0.5, 0.6) is 0 Å². The lowest BCUT2D eigenvalue weighted by Gasteiger charge is -2.17. The van der Waals surface area contributed by atoms with E-state index in [-0.39, 0.29) is 12.5 Å². The van der Waals surface area contributed by atoms with Crippen LogP contribution in [0.3, 0.4) is 0 Å². The highest BCUT2D eigenvalue weighted by Gasteiger charge is 2.26. The highest BCUT2D eigenvalue weighted by atomic mass is 35.5. The fourth-order valence-corrected chi connectivity index (χ4v) is 2.99. The Morgan fingerprint density at radius 3 is 2.90 bits per heavy atom. The van der Waals surface area contributed by atoms with Gasteiger partial charge in [0.2, 0.25) is 5.91 Å². The molecule has 1 amide bonds. The van der Waals surface area contributed by atoms with Crippen LogP contribution in [0.25, 0.3) is 6.08 Å². The van der Waals surface area contributed by atoms with Gasteiger partial charge in [-0.1, -0.05) is 30.2 Å². The highest BCUT2D eigenvalue weighted by Crippen LogP contribution is 2.30. The topological polar surface area (TPSA) is 49.3 Å². The quantitative estimate of drug-likeness (QED) is 0.821. The molecule has 0 bridgehead atoms. The summed E-state index contributed by atoms with van der Waals surface area (Å²) >= 11 is 6.05. The molecule has 2 atom stereocenters. The van der Waals surface area contributed by atoms with Crippen molar-refractivity contribution in [2.75, 3.05) is 13.2 Å². The summed E-state index contributed by atoms with van der Waals surface area (Å²) in [4.78, 5) is 11.8. The summed E-state index contributed by atoms with van der Waals surface area (Å²) in [5.41, 5.74) is 1.93. The second-order valence-electron chi connectivity index (χ2n) is 5.72. The zero-order valence-electron chi connectivity index (χ0n) is 12.3. The van der Waals surface area contributed by atoms with E-state index in [1.54, 1.807) is 6.08 Å². The first-order valence-corrected chi connectivity index (χ1v) is 7.81. The molecule has 3 nitrogen and oxygen atoms in total. The molecule has 1 aliphatic rings. The lowest BCUT2D eigenvalue weighted by Crippen LogP contribution is -2.30. The first kappa shape index (κ1) is 16.1. The molecular weight excluding hydrogens is 286 g/mol. The number of hydrogen-bond donors (Lipinski definition) is 2. The molecule has 1 fully saturated rings. The molecule has 21 heavy (non-hydrogen) atoms. The van der Waals surface area contributed by atoms with Crippen molar-refractivity contribution in [3.8, 4) is 0 Å². The Hall–Kier alpha value is -1.32. The van der Waals surface area contributed by atoms with Gasteiger partial charge in [0, 0.05) is 24.3 Å². The van der Waals surface area contributed by atoms with Crippen LogP contribution in [0.15, 0.2) is 24.3 Å². The van der Waals surface area contributed by atoms with Crippen LogP contribution in [-0.2, 0) is 4.79 Å². The van der Waals surface area contributed by atoms with Crippen molar-refractivity contribution in [3.63, 3.8) is 0 Å². The summed E-state index contributed by atoms with van der Waals surface area (Å²) < 4.78 is 0. The normalized spacial score (nSPS) is 21.9. The number of nitrogens with one attached hydrogen (secondary N) is 1. The Morgan fingerprint density at radius 2 is 2.19 bits per heavy atom. The summed E-state index contributed by atoms with van der Waals surface area (Å²) in [6, 6.07) is 5.72. The molecule has 1 saturated carbocycles. The van der Waals surface area contributed by atoms with E-state index >= 15 is 0 Å². The van der Waals surface area contributed by atoms with Gasteiger partial charge < -0.3 is 10.4 Å². The summed E-state index contributed by atoms with van der Waals surface area (Å²) in [5.74, 6) is 0.640. The standard InChI is InChI=1S/C17H22ClNO2/c1-12-5-6-13(9-16(12)18)7-8-17(21)19-10-14-3-2-4-15(14)11-20/h5-9,14-15,20H,2-4,10-11H2,1H3,(H,19,21). The zero-order chi connectivity index (χ0) is 15.2. The van der Waals surface area contributed by atoms with E-state index in [2.05, 4.69) is 5.32 Å². The van der Waals surface area contributed by atoms with E-state index in [4.69, 9.17) is 11.6 Å². The molecule has 4 heteroatoms. The fraction of sp³-hybridized carbons (Fsp3) is 0.471. The van der Waals surface area contributed by atoms with Gasteiger partial charge in [0.05, 0.1) is 0 Å². The van der Waals surface area contributed by atoms with Crippen LogP contribution in [0.4, 0.5) is 0 Å². The third-order valence-corrected chi connectivity index (χ3v) is 4.62. The number of aryl methyl sites for hydroxylation is 1. The second-order valence-corrected chi connectivity index (χ2v) is 6.13. The largest absolute Gasteiger partial charge is 0.396 e. The average Bonchev–Trinajstić information content (AvgIpc) is 2.94. The number of rotatable bonds is 5. The minimum atomic E-state index is -0.102. The minimum absolute atomic E-state index is 0.102. The Bertz CT molecular complexity index is 528. The lowest BCUT2D eigenvalue weighted by atomic mass is 9.97. The molecule has 1 aliphatic carbocycles. The summed E-state index contributed by atoms with van der Waals surface area (Å²) in [7, 11) is 0. The molecule has 2 rings (SSSR count). The van der Waals surface area contributed by atoms with Crippen molar-refractivity contribution in [2.45, 2.75) is 26.2 Å². The molecule has 0 aromatic heterocycles. The molecule has 0 saturated heterocycles. The lowest BCUT2D eigenvalue weighted by molar-refractivity contribution is -0.116. The van der Waals surface area contributed by atoms with Crippen LogP contribution in [-0.4, -0.2) is 24.2 Å². The van der Waals surface area contributed by atoms with E-state index in [0.717, 1.165) is 30.4 Å². The molecule has 0 heterocycles. The third kappa shape index (κ3) is 4.58. The minimum Gasteiger partial charge on any atom is -0.396 e. The van der Waals surface area contributed by atoms with Crippen molar-refractivity contribution < 1.29 is 9.90 Å². The van der Waals surface area contributed by atoms with E-state index in [9.17, 15) is 9.90 Å². The van der Waals surface area contributed by atoms with E-state index < -0.39 is 0 Å². The van der Waals surface area contributed by atoms with Crippen molar-refractivity contribution in [1.82, 2.24) is 5.32 Å². The number of carbonyl (C=O) groups excluding carboxylic acids is 1. The van der Waals surface area contributed by atoms with Crippen molar-refractivity contribution >= 4 is 23.6 Å². The predicted molar refractivity (Wildman–Crippen MR) is 86.1 cm³/mol. The van der Waals surface area contributed by atoms with Gasteiger partial charge in [-0.3, -0.25) is 4.79 Å². The number of carbonyl (C=O) groups is 1. The Labute approximate surface area is 131 Å². The molecule has 1 aromatic carbocycles. The Balaban J connectivity index is 1.83. The number of aliphatic hydroxyl groups is 1. The van der Waals surface area contributed by atoms with Gasteiger partial charge in [0.1, 0.15) is 0 Å². The molecule has 114 valence electrons. The molecule has 2 unspecified atom stereocenters. The van der Waals surface area contributed by atoms with Crippen molar-refractivity contribution in [3.05, 3.63) is 40.4 Å². The maximum absolute atomic E-state index is 11.8. The van der Waals surface area contributed by atoms with Crippen molar-refractivity contribution in [1.29, 1.82) is 0 Å². The number of hydrogen-bond acceptors (Lipinski definition) is 2. The molecule has 0 spiro atoms. The monoisotopic (exact) mass is 307 g/mol. The highest BCUT2D eigenvalue weighted by molar-refractivity contribution is 6.31.